The molecule has 0 saturated carbocycles. The summed E-state index contributed by atoms with van der Waals surface area (Å²) in [5.41, 5.74) is 1.15. The molecule has 0 saturated heterocycles. The van der Waals surface area contributed by atoms with E-state index in [1.807, 2.05) is 6.92 Å². The van der Waals surface area contributed by atoms with Crippen molar-refractivity contribution in [1.82, 2.24) is 0 Å². The van der Waals surface area contributed by atoms with E-state index in [1.54, 1.807) is 12.1 Å². The van der Waals surface area contributed by atoms with E-state index in [4.69, 9.17) is 5.11 Å². The maximum atomic E-state index is 13.2. The summed E-state index contributed by atoms with van der Waals surface area (Å²) in [5, 5.41) is 20.4. The summed E-state index contributed by atoms with van der Waals surface area (Å²) in [6.07, 6.45) is -1.39. The SMILES string of the molecule is Cc1ccc(F)c(NCC(O)CC(=O)O)c1. The molecule has 0 aromatic heterocycles. The number of aliphatic hydroxyl groups excluding tert-OH is 1. The van der Waals surface area contributed by atoms with Crippen molar-refractivity contribution in [1.29, 1.82) is 0 Å². The third-order valence-corrected chi connectivity index (χ3v) is 2.06. The van der Waals surface area contributed by atoms with Crippen LogP contribution in [0.25, 0.3) is 0 Å². The van der Waals surface area contributed by atoms with Crippen LogP contribution in [0.15, 0.2) is 18.2 Å². The fraction of sp³-hybridized carbons (Fsp3) is 0.364. The van der Waals surface area contributed by atoms with E-state index in [9.17, 15) is 14.3 Å². The van der Waals surface area contributed by atoms with Crippen molar-refractivity contribution in [3.8, 4) is 0 Å². The largest absolute Gasteiger partial charge is 0.481 e. The first-order chi connectivity index (χ1) is 7.49. The van der Waals surface area contributed by atoms with Crippen LogP contribution in [-0.4, -0.2) is 28.8 Å². The number of aliphatic carboxylic acids is 1. The number of carboxylic acids is 1. The summed E-state index contributed by atoms with van der Waals surface area (Å²) in [5.74, 6) is -1.51. The van der Waals surface area contributed by atoms with Crippen LogP contribution in [-0.2, 0) is 4.79 Å². The van der Waals surface area contributed by atoms with E-state index in [0.717, 1.165) is 5.56 Å². The smallest absolute Gasteiger partial charge is 0.306 e. The molecule has 4 nitrogen and oxygen atoms in total. The normalized spacial score (nSPS) is 12.2. The van der Waals surface area contributed by atoms with Crippen LogP contribution in [0.5, 0.6) is 0 Å². The van der Waals surface area contributed by atoms with Gasteiger partial charge in [-0.25, -0.2) is 4.39 Å². The standard InChI is InChI=1S/C11H14FNO3/c1-7-2-3-9(12)10(4-7)13-6-8(14)5-11(15)16/h2-4,8,13-14H,5-6H2,1H3,(H,15,16). The molecule has 16 heavy (non-hydrogen) atoms. The Bertz CT molecular complexity index is 381. The summed E-state index contributed by atoms with van der Waals surface area (Å²) in [6, 6.07) is 4.55. The highest BCUT2D eigenvalue weighted by Gasteiger charge is 2.10. The topological polar surface area (TPSA) is 69.6 Å². The number of rotatable bonds is 5. The second-order valence-corrected chi connectivity index (χ2v) is 3.62. The van der Waals surface area contributed by atoms with Crippen LogP contribution < -0.4 is 5.32 Å². The van der Waals surface area contributed by atoms with Crippen molar-refractivity contribution in [2.75, 3.05) is 11.9 Å². The van der Waals surface area contributed by atoms with Gasteiger partial charge >= 0.3 is 5.97 Å². The number of hydrogen-bond acceptors (Lipinski definition) is 3. The minimum absolute atomic E-state index is 0.00662. The van der Waals surface area contributed by atoms with E-state index in [1.165, 1.54) is 6.07 Å². The summed E-state index contributed by atoms with van der Waals surface area (Å²) in [4.78, 5) is 10.3. The van der Waals surface area contributed by atoms with Crippen molar-refractivity contribution in [2.45, 2.75) is 19.4 Å². The zero-order chi connectivity index (χ0) is 12.1. The quantitative estimate of drug-likeness (QED) is 0.710. The number of nitrogens with one attached hydrogen (secondary N) is 1. The second-order valence-electron chi connectivity index (χ2n) is 3.62. The van der Waals surface area contributed by atoms with Crippen LogP contribution in [0.3, 0.4) is 0 Å². The number of carboxylic acid groups (broad SMARTS) is 1. The average Bonchev–Trinajstić information content (AvgIpc) is 2.18. The monoisotopic (exact) mass is 227 g/mol. The lowest BCUT2D eigenvalue weighted by atomic mass is 10.2. The van der Waals surface area contributed by atoms with Gasteiger partial charge in [0.25, 0.3) is 0 Å². The van der Waals surface area contributed by atoms with Gasteiger partial charge < -0.3 is 15.5 Å². The zero-order valence-electron chi connectivity index (χ0n) is 8.90. The lowest BCUT2D eigenvalue weighted by Gasteiger charge is -2.11. The van der Waals surface area contributed by atoms with E-state index in [0.29, 0.717) is 0 Å². The van der Waals surface area contributed by atoms with Gasteiger partial charge in [-0.2, -0.15) is 0 Å². The van der Waals surface area contributed by atoms with Crippen molar-refractivity contribution in [3.05, 3.63) is 29.6 Å². The molecule has 0 heterocycles. The number of aliphatic hydroxyl groups is 1. The van der Waals surface area contributed by atoms with Crippen molar-refractivity contribution in [3.63, 3.8) is 0 Å². The van der Waals surface area contributed by atoms with Gasteiger partial charge in [0.1, 0.15) is 5.82 Å². The Morgan fingerprint density at radius 3 is 2.88 bits per heavy atom. The molecular formula is C11H14FNO3. The van der Waals surface area contributed by atoms with E-state index in [2.05, 4.69) is 5.32 Å². The highest BCUT2D eigenvalue weighted by molar-refractivity contribution is 5.67. The summed E-state index contributed by atoms with van der Waals surface area (Å²) in [7, 11) is 0. The Labute approximate surface area is 92.7 Å². The van der Waals surface area contributed by atoms with Crippen LogP contribution in [0.1, 0.15) is 12.0 Å². The predicted molar refractivity (Wildman–Crippen MR) is 57.9 cm³/mol. The second kappa shape index (κ2) is 5.46. The van der Waals surface area contributed by atoms with Gasteiger partial charge in [-0.05, 0) is 24.6 Å². The molecule has 1 atom stereocenters. The molecule has 1 rings (SSSR count). The van der Waals surface area contributed by atoms with E-state index >= 15 is 0 Å². The molecule has 0 bridgehead atoms. The Hall–Kier alpha value is -1.62. The van der Waals surface area contributed by atoms with Gasteiger partial charge in [-0.15, -0.1) is 0 Å². The van der Waals surface area contributed by atoms with Crippen LogP contribution in [0.2, 0.25) is 0 Å². The van der Waals surface area contributed by atoms with Crippen molar-refractivity contribution < 1.29 is 19.4 Å². The fourth-order valence-electron chi connectivity index (χ4n) is 1.28. The number of hydrogen-bond donors (Lipinski definition) is 3. The summed E-state index contributed by atoms with van der Waals surface area (Å²) in [6.45, 7) is 1.82. The van der Waals surface area contributed by atoms with Gasteiger partial charge in [-0.1, -0.05) is 6.07 Å². The molecule has 0 radical (unpaired) electrons. The number of carbonyl (C=O) groups is 1. The van der Waals surface area contributed by atoms with Crippen LogP contribution >= 0.6 is 0 Å². The Kier molecular flexibility index (Phi) is 4.25. The molecule has 1 aromatic carbocycles. The molecule has 88 valence electrons. The zero-order valence-corrected chi connectivity index (χ0v) is 8.90. The van der Waals surface area contributed by atoms with Crippen LogP contribution in [0.4, 0.5) is 10.1 Å². The lowest BCUT2D eigenvalue weighted by molar-refractivity contribution is -0.138. The average molecular weight is 227 g/mol. The number of benzene rings is 1. The van der Waals surface area contributed by atoms with Gasteiger partial charge in [-0.3, -0.25) is 4.79 Å². The molecule has 0 aliphatic carbocycles. The minimum Gasteiger partial charge on any atom is -0.481 e. The first-order valence-electron chi connectivity index (χ1n) is 4.89. The summed E-state index contributed by atoms with van der Waals surface area (Å²) < 4.78 is 13.2. The molecule has 5 heteroatoms. The van der Waals surface area contributed by atoms with Crippen molar-refractivity contribution >= 4 is 11.7 Å². The molecule has 1 unspecified atom stereocenters. The Morgan fingerprint density at radius 2 is 2.25 bits per heavy atom. The molecule has 0 amide bonds. The Balaban J connectivity index is 2.54. The first kappa shape index (κ1) is 12.4. The highest BCUT2D eigenvalue weighted by atomic mass is 19.1. The fourth-order valence-corrected chi connectivity index (χ4v) is 1.28. The molecule has 0 aliphatic rings. The molecule has 3 N–H and O–H groups in total. The third-order valence-electron chi connectivity index (χ3n) is 2.06. The Morgan fingerprint density at radius 1 is 1.56 bits per heavy atom. The summed E-state index contributed by atoms with van der Waals surface area (Å²) >= 11 is 0. The van der Waals surface area contributed by atoms with Gasteiger partial charge in [0.05, 0.1) is 18.2 Å². The highest BCUT2D eigenvalue weighted by Crippen LogP contribution is 2.15. The number of anilines is 1. The van der Waals surface area contributed by atoms with Gasteiger partial charge in [0.15, 0.2) is 0 Å². The third kappa shape index (κ3) is 3.86. The van der Waals surface area contributed by atoms with E-state index in [-0.39, 0.29) is 18.7 Å². The van der Waals surface area contributed by atoms with E-state index < -0.39 is 17.9 Å². The van der Waals surface area contributed by atoms with Gasteiger partial charge in [0, 0.05) is 6.54 Å². The lowest BCUT2D eigenvalue weighted by Crippen LogP contribution is -2.23. The first-order valence-corrected chi connectivity index (χ1v) is 4.89. The number of halogens is 1. The molecule has 0 fully saturated rings. The molecule has 0 spiro atoms. The molecule has 1 aromatic rings. The maximum Gasteiger partial charge on any atom is 0.306 e. The van der Waals surface area contributed by atoms with Gasteiger partial charge in [0.2, 0.25) is 0 Å². The maximum absolute atomic E-state index is 13.2. The molecular weight excluding hydrogens is 213 g/mol. The van der Waals surface area contributed by atoms with Crippen molar-refractivity contribution in [2.24, 2.45) is 0 Å². The number of aryl methyl sites for hydroxylation is 1. The van der Waals surface area contributed by atoms with Crippen LogP contribution in [0, 0.1) is 12.7 Å². The predicted octanol–water partition coefficient (Wildman–Crippen LogP) is 1.38. The minimum atomic E-state index is -1.08. The molecule has 0 aliphatic heterocycles.